The molecule has 0 radical (unpaired) electrons. The van der Waals surface area contributed by atoms with Crippen LogP contribution in [-0.4, -0.2) is 41.8 Å². The lowest BCUT2D eigenvalue weighted by molar-refractivity contribution is -0.0279. The van der Waals surface area contributed by atoms with Crippen LogP contribution in [0, 0.1) is 0 Å². The van der Waals surface area contributed by atoms with E-state index in [4.69, 9.17) is 10.5 Å². The van der Waals surface area contributed by atoms with Gasteiger partial charge in [0, 0.05) is 25.7 Å². The van der Waals surface area contributed by atoms with Gasteiger partial charge in [-0.2, -0.15) is 9.97 Å². The maximum absolute atomic E-state index is 5.74. The number of anilines is 3. The van der Waals surface area contributed by atoms with Crippen LogP contribution in [0.3, 0.4) is 0 Å². The molecule has 0 atom stereocenters. The molecule has 6 heteroatoms. The van der Waals surface area contributed by atoms with Crippen LogP contribution >= 0.6 is 0 Å². The minimum absolute atomic E-state index is 0.156. The van der Waals surface area contributed by atoms with Gasteiger partial charge in [-0.1, -0.05) is 0 Å². The molecule has 0 saturated carbocycles. The smallest absolute Gasteiger partial charge is 0.223 e. The van der Waals surface area contributed by atoms with Crippen molar-refractivity contribution < 1.29 is 4.74 Å². The molecule has 0 spiro atoms. The number of aromatic nitrogens is 2. The number of morpholine rings is 1. The highest BCUT2D eigenvalue weighted by Crippen LogP contribution is 2.23. The number of hydrogen-bond donors (Lipinski definition) is 2. The lowest BCUT2D eigenvalue weighted by Gasteiger charge is -2.38. The Balaban J connectivity index is 2.21. The average Bonchev–Trinajstić information content (AvgIpc) is 2.27. The molecule has 100 valence electrons. The van der Waals surface area contributed by atoms with Gasteiger partial charge in [0.25, 0.3) is 0 Å². The van der Waals surface area contributed by atoms with Crippen molar-refractivity contribution in [3.8, 4) is 0 Å². The van der Waals surface area contributed by atoms with Crippen LogP contribution in [0.4, 0.5) is 17.6 Å². The van der Waals surface area contributed by atoms with Crippen molar-refractivity contribution in [1.29, 1.82) is 0 Å². The Hall–Kier alpha value is -1.56. The monoisotopic (exact) mass is 251 g/mol. The van der Waals surface area contributed by atoms with Crippen LogP contribution in [0.15, 0.2) is 6.07 Å². The van der Waals surface area contributed by atoms with Crippen LogP contribution in [0.25, 0.3) is 0 Å². The van der Waals surface area contributed by atoms with Crippen LogP contribution in [0.5, 0.6) is 0 Å². The summed E-state index contributed by atoms with van der Waals surface area (Å²) in [6.07, 6.45) is 0. The predicted octanol–water partition coefficient (Wildman–Crippen LogP) is 1.11. The summed E-state index contributed by atoms with van der Waals surface area (Å²) < 4.78 is 5.69. The van der Waals surface area contributed by atoms with Crippen molar-refractivity contribution in [1.82, 2.24) is 9.97 Å². The van der Waals surface area contributed by atoms with E-state index < -0.39 is 0 Å². The normalized spacial score (nSPS) is 18.7. The summed E-state index contributed by atoms with van der Waals surface area (Å²) in [5.74, 6) is 1.92. The molecule has 0 amide bonds. The van der Waals surface area contributed by atoms with Gasteiger partial charge in [0.2, 0.25) is 5.95 Å². The molecular weight excluding hydrogens is 230 g/mol. The Morgan fingerprint density at radius 1 is 1.50 bits per heavy atom. The maximum Gasteiger partial charge on any atom is 0.223 e. The molecule has 0 bridgehead atoms. The molecule has 0 unspecified atom stereocenters. The highest BCUT2D eigenvalue weighted by atomic mass is 16.5. The van der Waals surface area contributed by atoms with Crippen LogP contribution in [0.1, 0.15) is 20.8 Å². The number of rotatable bonds is 3. The van der Waals surface area contributed by atoms with E-state index in [1.54, 1.807) is 0 Å². The van der Waals surface area contributed by atoms with E-state index in [1.807, 2.05) is 13.0 Å². The summed E-state index contributed by atoms with van der Waals surface area (Å²) >= 11 is 0. The van der Waals surface area contributed by atoms with Crippen LogP contribution in [0.2, 0.25) is 0 Å². The lowest BCUT2D eigenvalue weighted by Crippen LogP contribution is -2.48. The van der Waals surface area contributed by atoms with Crippen molar-refractivity contribution in [2.24, 2.45) is 0 Å². The number of nitrogens with zero attached hydrogens (tertiary/aromatic N) is 3. The lowest BCUT2D eigenvalue weighted by atomic mass is 10.1. The van der Waals surface area contributed by atoms with E-state index in [-0.39, 0.29) is 5.60 Å². The first kappa shape index (κ1) is 12.9. The van der Waals surface area contributed by atoms with Gasteiger partial charge in [-0.3, -0.25) is 0 Å². The van der Waals surface area contributed by atoms with E-state index in [2.05, 4.69) is 34.0 Å². The SMILES string of the molecule is CCNc1cc(N2CCOC(C)(C)C2)nc(N)n1. The molecule has 1 fully saturated rings. The largest absolute Gasteiger partial charge is 0.372 e. The molecule has 2 heterocycles. The summed E-state index contributed by atoms with van der Waals surface area (Å²) in [5.41, 5.74) is 5.59. The maximum atomic E-state index is 5.74. The van der Waals surface area contributed by atoms with Crippen molar-refractivity contribution in [3.05, 3.63) is 6.07 Å². The summed E-state index contributed by atoms with van der Waals surface area (Å²) in [5, 5.41) is 3.16. The topological polar surface area (TPSA) is 76.3 Å². The zero-order valence-electron chi connectivity index (χ0n) is 11.2. The fourth-order valence-corrected chi connectivity index (χ4v) is 2.10. The highest BCUT2D eigenvalue weighted by molar-refractivity contribution is 5.53. The van der Waals surface area contributed by atoms with Gasteiger partial charge in [-0.05, 0) is 20.8 Å². The second-order valence-corrected chi connectivity index (χ2v) is 5.03. The van der Waals surface area contributed by atoms with Crippen molar-refractivity contribution in [3.63, 3.8) is 0 Å². The van der Waals surface area contributed by atoms with Crippen molar-refractivity contribution in [2.75, 3.05) is 42.2 Å². The second-order valence-electron chi connectivity index (χ2n) is 5.03. The Morgan fingerprint density at radius 2 is 2.28 bits per heavy atom. The molecule has 0 aliphatic carbocycles. The molecule has 1 aromatic heterocycles. The number of nitrogens with two attached hydrogens (primary N) is 1. The molecule has 1 aliphatic rings. The van der Waals surface area contributed by atoms with E-state index >= 15 is 0 Å². The summed E-state index contributed by atoms with van der Waals surface area (Å²) in [6, 6.07) is 1.93. The van der Waals surface area contributed by atoms with E-state index in [9.17, 15) is 0 Å². The zero-order valence-corrected chi connectivity index (χ0v) is 11.2. The summed E-state index contributed by atoms with van der Waals surface area (Å²) in [6.45, 7) is 9.32. The van der Waals surface area contributed by atoms with Crippen molar-refractivity contribution in [2.45, 2.75) is 26.4 Å². The summed E-state index contributed by atoms with van der Waals surface area (Å²) in [7, 11) is 0. The van der Waals surface area contributed by atoms with Gasteiger partial charge in [-0.15, -0.1) is 0 Å². The Labute approximate surface area is 108 Å². The molecule has 2 rings (SSSR count). The first-order chi connectivity index (χ1) is 8.50. The quantitative estimate of drug-likeness (QED) is 0.838. The van der Waals surface area contributed by atoms with Gasteiger partial charge in [0.1, 0.15) is 11.6 Å². The molecule has 6 nitrogen and oxygen atoms in total. The molecule has 1 aromatic rings. The molecule has 1 saturated heterocycles. The first-order valence-electron chi connectivity index (χ1n) is 6.27. The van der Waals surface area contributed by atoms with E-state index in [1.165, 1.54) is 0 Å². The fraction of sp³-hybridized carbons (Fsp3) is 0.667. The second kappa shape index (κ2) is 4.97. The average molecular weight is 251 g/mol. The standard InChI is InChI=1S/C12H21N5O/c1-4-14-9-7-10(16-11(13)15-9)17-5-6-18-12(2,3)8-17/h7H,4-6,8H2,1-3H3,(H3,13,14,15,16). The third-order valence-electron chi connectivity index (χ3n) is 2.84. The van der Waals surface area contributed by atoms with E-state index in [0.29, 0.717) is 12.6 Å². The fourth-order valence-electron chi connectivity index (χ4n) is 2.10. The molecule has 18 heavy (non-hydrogen) atoms. The van der Waals surface area contributed by atoms with Crippen molar-refractivity contribution >= 4 is 17.6 Å². The zero-order chi connectivity index (χ0) is 13.2. The third kappa shape index (κ3) is 3.01. The predicted molar refractivity (Wildman–Crippen MR) is 72.9 cm³/mol. The van der Waals surface area contributed by atoms with Gasteiger partial charge in [0.05, 0.1) is 12.2 Å². The highest BCUT2D eigenvalue weighted by Gasteiger charge is 2.28. The molecular formula is C12H21N5O. The minimum atomic E-state index is -0.156. The Morgan fingerprint density at radius 3 is 2.94 bits per heavy atom. The van der Waals surface area contributed by atoms with Gasteiger partial charge < -0.3 is 20.7 Å². The number of ether oxygens (including phenoxy) is 1. The van der Waals surface area contributed by atoms with Crippen LogP contribution in [-0.2, 0) is 4.74 Å². The van der Waals surface area contributed by atoms with Gasteiger partial charge >= 0.3 is 0 Å². The number of nitrogens with one attached hydrogen (secondary N) is 1. The molecule has 3 N–H and O–H groups in total. The third-order valence-corrected chi connectivity index (χ3v) is 2.84. The van der Waals surface area contributed by atoms with Gasteiger partial charge in [0.15, 0.2) is 0 Å². The minimum Gasteiger partial charge on any atom is -0.372 e. The van der Waals surface area contributed by atoms with Crippen LogP contribution < -0.4 is 16.0 Å². The number of hydrogen-bond acceptors (Lipinski definition) is 6. The molecule has 0 aromatic carbocycles. The van der Waals surface area contributed by atoms with E-state index in [0.717, 1.165) is 31.3 Å². The first-order valence-corrected chi connectivity index (χ1v) is 6.27. The summed E-state index contributed by atoms with van der Waals surface area (Å²) in [4.78, 5) is 10.6. The Bertz CT molecular complexity index is 421. The Kier molecular flexibility index (Phi) is 3.56. The van der Waals surface area contributed by atoms with Gasteiger partial charge in [-0.25, -0.2) is 0 Å². The molecule has 1 aliphatic heterocycles. The number of nitrogen functional groups attached to an aromatic ring is 1.